The van der Waals surface area contributed by atoms with Gasteiger partial charge in [0.25, 0.3) is 0 Å². The van der Waals surface area contributed by atoms with Crippen LogP contribution in [0.1, 0.15) is 86.5 Å². The van der Waals surface area contributed by atoms with Crippen LogP contribution >= 0.6 is 0 Å². The molecule has 0 aromatic carbocycles. The molecule has 2 nitrogen and oxygen atoms in total. The Kier molecular flexibility index (Phi) is 10.6. The number of hydrogen-bond donors (Lipinski definition) is 1. The normalized spacial score (nSPS) is 15.5. The molecule has 116 valence electrons. The fraction of sp³-hybridized carbons (Fsp3) is 1.00. The van der Waals surface area contributed by atoms with Crippen molar-refractivity contribution in [2.45, 2.75) is 104 Å². The maximum Gasteiger partial charge on any atom is 0.0551 e. The van der Waals surface area contributed by atoms with Gasteiger partial charge >= 0.3 is 0 Å². The first-order valence-electron chi connectivity index (χ1n) is 8.25. The highest BCUT2D eigenvalue weighted by Gasteiger charge is 2.10. The van der Waals surface area contributed by atoms with E-state index in [1.807, 2.05) is 0 Å². The molecule has 2 unspecified atom stereocenters. The minimum atomic E-state index is 0.233. The highest BCUT2D eigenvalue weighted by atomic mass is 16.5. The smallest absolute Gasteiger partial charge is 0.0551 e. The van der Waals surface area contributed by atoms with Crippen LogP contribution in [0.15, 0.2) is 0 Å². The summed E-state index contributed by atoms with van der Waals surface area (Å²) in [5.74, 6) is 0. The van der Waals surface area contributed by atoms with Crippen molar-refractivity contribution in [2.75, 3.05) is 6.54 Å². The summed E-state index contributed by atoms with van der Waals surface area (Å²) >= 11 is 0. The summed E-state index contributed by atoms with van der Waals surface area (Å²) in [4.78, 5) is 0. The molecule has 0 aromatic heterocycles. The third kappa shape index (κ3) is 14.1. The van der Waals surface area contributed by atoms with Crippen LogP contribution in [-0.4, -0.2) is 24.3 Å². The van der Waals surface area contributed by atoms with Gasteiger partial charge in [0.2, 0.25) is 0 Å². The topological polar surface area (TPSA) is 21.3 Å². The summed E-state index contributed by atoms with van der Waals surface area (Å²) in [5, 5.41) is 3.52. The van der Waals surface area contributed by atoms with Crippen LogP contribution in [0.3, 0.4) is 0 Å². The maximum absolute atomic E-state index is 6.03. The SMILES string of the molecule is CCCCCCC(C)OC(C)CCCNC(C)(C)C. The van der Waals surface area contributed by atoms with Crippen molar-refractivity contribution in [3.05, 3.63) is 0 Å². The van der Waals surface area contributed by atoms with Crippen molar-refractivity contribution < 1.29 is 4.74 Å². The molecule has 0 bridgehead atoms. The lowest BCUT2D eigenvalue weighted by atomic mass is 10.1. The lowest BCUT2D eigenvalue weighted by molar-refractivity contribution is -0.00211. The summed E-state index contributed by atoms with van der Waals surface area (Å²) in [7, 11) is 0. The maximum atomic E-state index is 6.03. The first-order valence-corrected chi connectivity index (χ1v) is 8.25. The lowest BCUT2D eigenvalue weighted by Crippen LogP contribution is -2.36. The molecule has 0 heterocycles. The number of nitrogens with one attached hydrogen (secondary N) is 1. The van der Waals surface area contributed by atoms with Gasteiger partial charge in [0.05, 0.1) is 12.2 Å². The van der Waals surface area contributed by atoms with Gasteiger partial charge in [0.15, 0.2) is 0 Å². The van der Waals surface area contributed by atoms with E-state index in [0.717, 1.165) is 13.0 Å². The van der Waals surface area contributed by atoms with E-state index in [1.165, 1.54) is 38.5 Å². The average Bonchev–Trinajstić information content (AvgIpc) is 2.29. The summed E-state index contributed by atoms with van der Waals surface area (Å²) < 4.78 is 6.03. The quantitative estimate of drug-likeness (QED) is 0.539. The Morgan fingerprint density at radius 1 is 0.895 bits per heavy atom. The van der Waals surface area contributed by atoms with Gasteiger partial charge in [-0.2, -0.15) is 0 Å². The van der Waals surface area contributed by atoms with E-state index >= 15 is 0 Å². The third-order valence-electron chi connectivity index (χ3n) is 3.37. The summed E-state index contributed by atoms with van der Waals surface area (Å²) in [5.41, 5.74) is 0.233. The molecular formula is C17H37NO. The minimum Gasteiger partial charge on any atom is -0.376 e. The zero-order chi connectivity index (χ0) is 14.7. The standard InChI is InChI=1S/C17H37NO/c1-7-8-9-10-12-15(2)19-16(3)13-11-14-18-17(4,5)6/h15-16,18H,7-14H2,1-6H3. The largest absolute Gasteiger partial charge is 0.376 e. The highest BCUT2D eigenvalue weighted by molar-refractivity contribution is 4.70. The fourth-order valence-electron chi connectivity index (χ4n) is 2.24. The van der Waals surface area contributed by atoms with Gasteiger partial charge in [-0.15, -0.1) is 0 Å². The Balaban J connectivity index is 3.48. The van der Waals surface area contributed by atoms with Crippen LogP contribution in [0.2, 0.25) is 0 Å². The predicted octanol–water partition coefficient (Wildman–Crippen LogP) is 4.92. The molecule has 0 spiro atoms. The molecule has 0 aliphatic heterocycles. The van der Waals surface area contributed by atoms with Gasteiger partial charge in [0, 0.05) is 5.54 Å². The van der Waals surface area contributed by atoms with Gasteiger partial charge in [-0.1, -0.05) is 32.6 Å². The molecule has 0 amide bonds. The van der Waals surface area contributed by atoms with E-state index in [2.05, 4.69) is 46.9 Å². The van der Waals surface area contributed by atoms with Crippen LogP contribution < -0.4 is 5.32 Å². The van der Waals surface area contributed by atoms with Crippen LogP contribution in [0.4, 0.5) is 0 Å². The first-order chi connectivity index (χ1) is 8.85. The highest BCUT2D eigenvalue weighted by Crippen LogP contribution is 2.12. The molecule has 2 heteroatoms. The summed E-state index contributed by atoms with van der Waals surface area (Å²) in [6.45, 7) is 14.4. The molecular weight excluding hydrogens is 234 g/mol. The van der Waals surface area contributed by atoms with Crippen LogP contribution in [0.5, 0.6) is 0 Å². The van der Waals surface area contributed by atoms with E-state index in [1.54, 1.807) is 0 Å². The lowest BCUT2D eigenvalue weighted by Gasteiger charge is -2.22. The predicted molar refractivity (Wildman–Crippen MR) is 85.8 cm³/mol. The molecule has 0 aliphatic carbocycles. The number of rotatable bonds is 11. The average molecular weight is 271 g/mol. The Hall–Kier alpha value is -0.0800. The summed E-state index contributed by atoms with van der Waals surface area (Å²) in [6.07, 6.45) is 9.72. The van der Waals surface area contributed by atoms with Gasteiger partial charge in [-0.3, -0.25) is 0 Å². The molecule has 19 heavy (non-hydrogen) atoms. The number of unbranched alkanes of at least 4 members (excludes halogenated alkanes) is 3. The van der Waals surface area contributed by atoms with Crippen molar-refractivity contribution in [1.82, 2.24) is 5.32 Å². The molecule has 0 saturated carbocycles. The van der Waals surface area contributed by atoms with Crippen molar-refractivity contribution in [3.63, 3.8) is 0 Å². The van der Waals surface area contributed by atoms with E-state index < -0.39 is 0 Å². The number of hydrogen-bond acceptors (Lipinski definition) is 2. The van der Waals surface area contributed by atoms with E-state index in [4.69, 9.17) is 4.74 Å². The fourth-order valence-corrected chi connectivity index (χ4v) is 2.24. The van der Waals surface area contributed by atoms with Gasteiger partial charge in [-0.25, -0.2) is 0 Å². The second kappa shape index (κ2) is 10.7. The molecule has 2 atom stereocenters. The molecule has 0 aliphatic rings. The van der Waals surface area contributed by atoms with Gasteiger partial charge < -0.3 is 10.1 Å². The Labute approximate surface area is 121 Å². The zero-order valence-electron chi connectivity index (χ0n) is 14.2. The minimum absolute atomic E-state index is 0.233. The zero-order valence-corrected chi connectivity index (χ0v) is 14.2. The third-order valence-corrected chi connectivity index (χ3v) is 3.37. The summed E-state index contributed by atoms with van der Waals surface area (Å²) in [6, 6.07) is 0. The second-order valence-electron chi connectivity index (χ2n) is 6.93. The molecule has 0 radical (unpaired) electrons. The van der Waals surface area contributed by atoms with E-state index in [0.29, 0.717) is 12.2 Å². The molecule has 0 saturated heterocycles. The Morgan fingerprint density at radius 2 is 1.47 bits per heavy atom. The van der Waals surface area contributed by atoms with Crippen molar-refractivity contribution in [3.8, 4) is 0 Å². The van der Waals surface area contributed by atoms with Gasteiger partial charge in [-0.05, 0) is 60.4 Å². The van der Waals surface area contributed by atoms with Crippen LogP contribution in [0.25, 0.3) is 0 Å². The van der Waals surface area contributed by atoms with Crippen LogP contribution in [0, 0.1) is 0 Å². The second-order valence-corrected chi connectivity index (χ2v) is 6.93. The Morgan fingerprint density at radius 3 is 2.00 bits per heavy atom. The van der Waals surface area contributed by atoms with E-state index in [9.17, 15) is 0 Å². The Bertz CT molecular complexity index is 198. The van der Waals surface area contributed by atoms with Crippen LogP contribution in [-0.2, 0) is 4.74 Å². The number of ether oxygens (including phenoxy) is 1. The van der Waals surface area contributed by atoms with E-state index in [-0.39, 0.29) is 5.54 Å². The van der Waals surface area contributed by atoms with Crippen molar-refractivity contribution in [1.29, 1.82) is 0 Å². The van der Waals surface area contributed by atoms with Gasteiger partial charge in [0.1, 0.15) is 0 Å². The molecule has 1 N–H and O–H groups in total. The molecule has 0 fully saturated rings. The molecule has 0 rings (SSSR count). The van der Waals surface area contributed by atoms with Crippen molar-refractivity contribution >= 4 is 0 Å². The van der Waals surface area contributed by atoms with Crippen molar-refractivity contribution in [2.24, 2.45) is 0 Å². The monoisotopic (exact) mass is 271 g/mol. The first kappa shape index (κ1) is 18.9. The molecule has 0 aromatic rings.